The van der Waals surface area contributed by atoms with Gasteiger partial charge in [0, 0.05) is 10.5 Å². The normalized spacial score (nSPS) is 15.3. The summed E-state index contributed by atoms with van der Waals surface area (Å²) in [5.74, 6) is 0.576. The molecule has 2 atom stereocenters. The van der Waals surface area contributed by atoms with Gasteiger partial charge in [0.2, 0.25) is 0 Å². The number of hydrogen-bond donors (Lipinski definition) is 2. The average Bonchev–Trinajstić information content (AvgIpc) is 1.96. The molecule has 2 unspecified atom stereocenters. The van der Waals surface area contributed by atoms with Crippen molar-refractivity contribution < 1.29 is 4.79 Å². The first-order chi connectivity index (χ1) is 5.57. The summed E-state index contributed by atoms with van der Waals surface area (Å²) >= 11 is 6.06. The quantitative estimate of drug-likeness (QED) is 0.456. The molecular weight excluding hydrogens is 285 g/mol. The molecular formula is C8H16INOS. The first-order valence-electron chi connectivity index (χ1n) is 4.18. The van der Waals surface area contributed by atoms with Crippen LogP contribution in [0, 0.1) is 5.92 Å². The molecule has 0 aliphatic rings. The minimum atomic E-state index is -0.229. The molecule has 0 saturated carbocycles. The molecule has 0 rings (SSSR count). The summed E-state index contributed by atoms with van der Waals surface area (Å²) in [6, 6.07) is 0. The Balaban J connectivity index is 3.70. The van der Waals surface area contributed by atoms with Crippen LogP contribution < -0.4 is 5.32 Å². The number of halogens is 1. The average molecular weight is 301 g/mol. The van der Waals surface area contributed by atoms with Gasteiger partial charge in [0.25, 0.3) is 5.24 Å². The fraction of sp³-hybridized carbons (Fsp3) is 0.875. The maximum Gasteiger partial charge on any atom is 0.275 e. The Morgan fingerprint density at radius 1 is 1.67 bits per heavy atom. The molecule has 72 valence electrons. The van der Waals surface area contributed by atoms with Crippen LogP contribution in [0.25, 0.3) is 0 Å². The van der Waals surface area contributed by atoms with Crippen LogP contribution in [0.3, 0.4) is 0 Å². The van der Waals surface area contributed by atoms with Gasteiger partial charge in [-0.2, -0.15) is 0 Å². The van der Waals surface area contributed by atoms with Gasteiger partial charge in [-0.05, 0) is 12.3 Å². The van der Waals surface area contributed by atoms with Crippen LogP contribution in [0.4, 0.5) is 4.79 Å². The van der Waals surface area contributed by atoms with Crippen LogP contribution in [0.1, 0.15) is 26.7 Å². The van der Waals surface area contributed by atoms with Gasteiger partial charge >= 0.3 is 0 Å². The highest BCUT2D eigenvalue weighted by Gasteiger charge is 2.13. The SMILES string of the molecule is CCCC(CNC(=O)S)C(C)I. The molecule has 0 aromatic heterocycles. The van der Waals surface area contributed by atoms with E-state index in [0.717, 1.165) is 13.0 Å². The lowest BCUT2D eigenvalue weighted by molar-refractivity contribution is 0.259. The molecule has 4 heteroatoms. The molecule has 0 aromatic rings. The maximum absolute atomic E-state index is 10.5. The van der Waals surface area contributed by atoms with Crippen molar-refractivity contribution in [3.05, 3.63) is 0 Å². The number of hydrogen-bond acceptors (Lipinski definition) is 1. The summed E-state index contributed by atoms with van der Waals surface area (Å²) in [6.45, 7) is 5.08. The van der Waals surface area contributed by atoms with Gasteiger partial charge in [-0.25, -0.2) is 0 Å². The fourth-order valence-electron chi connectivity index (χ4n) is 1.08. The Kier molecular flexibility index (Phi) is 7.32. The second kappa shape index (κ2) is 7.00. The predicted molar refractivity (Wildman–Crippen MR) is 64.3 cm³/mol. The summed E-state index contributed by atoms with van der Waals surface area (Å²) < 4.78 is 0.600. The lowest BCUT2D eigenvalue weighted by atomic mass is 10.0. The van der Waals surface area contributed by atoms with Crippen molar-refractivity contribution in [2.75, 3.05) is 6.54 Å². The van der Waals surface area contributed by atoms with Gasteiger partial charge in [-0.1, -0.05) is 55.5 Å². The molecule has 0 spiro atoms. The monoisotopic (exact) mass is 301 g/mol. The first kappa shape index (κ1) is 12.6. The molecule has 0 aliphatic heterocycles. The Bertz CT molecular complexity index is 141. The lowest BCUT2D eigenvalue weighted by Crippen LogP contribution is -2.28. The van der Waals surface area contributed by atoms with Gasteiger partial charge in [0.15, 0.2) is 0 Å². The zero-order valence-corrected chi connectivity index (χ0v) is 10.6. The van der Waals surface area contributed by atoms with E-state index >= 15 is 0 Å². The van der Waals surface area contributed by atoms with E-state index in [9.17, 15) is 4.79 Å². The van der Waals surface area contributed by atoms with Gasteiger partial charge in [-0.3, -0.25) is 4.79 Å². The number of carbonyl (C=O) groups excluding carboxylic acids is 1. The van der Waals surface area contributed by atoms with E-state index in [4.69, 9.17) is 0 Å². The molecule has 0 bridgehead atoms. The van der Waals surface area contributed by atoms with E-state index in [0.29, 0.717) is 9.84 Å². The molecule has 1 N–H and O–H groups in total. The number of amides is 1. The molecule has 0 aliphatic carbocycles. The molecule has 12 heavy (non-hydrogen) atoms. The zero-order valence-electron chi connectivity index (χ0n) is 7.51. The predicted octanol–water partition coefficient (Wildman–Crippen LogP) is 2.87. The van der Waals surface area contributed by atoms with E-state index in [-0.39, 0.29) is 5.24 Å². The zero-order chi connectivity index (χ0) is 9.56. The highest BCUT2D eigenvalue weighted by atomic mass is 127. The van der Waals surface area contributed by atoms with Crippen LogP contribution in [-0.2, 0) is 0 Å². The molecule has 0 radical (unpaired) electrons. The van der Waals surface area contributed by atoms with Crippen molar-refractivity contribution in [1.82, 2.24) is 5.32 Å². The molecule has 0 heterocycles. The van der Waals surface area contributed by atoms with Crippen LogP contribution in [0.5, 0.6) is 0 Å². The molecule has 0 aromatic carbocycles. The highest BCUT2D eigenvalue weighted by molar-refractivity contribution is 14.1. The van der Waals surface area contributed by atoms with E-state index in [2.05, 4.69) is 54.4 Å². The topological polar surface area (TPSA) is 29.1 Å². The van der Waals surface area contributed by atoms with E-state index in [1.54, 1.807) is 0 Å². The number of thiol groups is 1. The highest BCUT2D eigenvalue weighted by Crippen LogP contribution is 2.17. The Labute approximate surface area is 93.4 Å². The Hall–Kier alpha value is 0.550. The third kappa shape index (κ3) is 6.11. The smallest absolute Gasteiger partial charge is 0.275 e. The Morgan fingerprint density at radius 2 is 2.25 bits per heavy atom. The number of carbonyl (C=O) groups is 1. The fourth-order valence-corrected chi connectivity index (χ4v) is 1.79. The van der Waals surface area contributed by atoms with Crippen LogP contribution in [0.15, 0.2) is 0 Å². The van der Waals surface area contributed by atoms with Crippen molar-refractivity contribution in [1.29, 1.82) is 0 Å². The number of rotatable bonds is 5. The third-order valence-corrected chi connectivity index (χ3v) is 3.00. The van der Waals surface area contributed by atoms with Gasteiger partial charge in [-0.15, -0.1) is 0 Å². The van der Waals surface area contributed by atoms with Crippen molar-refractivity contribution in [3.8, 4) is 0 Å². The van der Waals surface area contributed by atoms with Crippen LogP contribution in [0.2, 0.25) is 0 Å². The van der Waals surface area contributed by atoms with Gasteiger partial charge in [0.1, 0.15) is 0 Å². The summed E-state index contributed by atoms with van der Waals surface area (Å²) in [6.07, 6.45) is 2.33. The third-order valence-electron chi connectivity index (χ3n) is 1.82. The first-order valence-corrected chi connectivity index (χ1v) is 5.88. The molecule has 1 amide bonds. The van der Waals surface area contributed by atoms with E-state index in [1.165, 1.54) is 6.42 Å². The maximum atomic E-state index is 10.5. The molecule has 0 fully saturated rings. The molecule has 2 nitrogen and oxygen atoms in total. The van der Waals surface area contributed by atoms with Crippen LogP contribution in [-0.4, -0.2) is 15.7 Å². The largest absolute Gasteiger partial charge is 0.347 e. The number of alkyl halides is 1. The minimum Gasteiger partial charge on any atom is -0.347 e. The lowest BCUT2D eigenvalue weighted by Gasteiger charge is -2.18. The van der Waals surface area contributed by atoms with E-state index in [1.807, 2.05) is 0 Å². The second-order valence-electron chi connectivity index (χ2n) is 2.91. The Morgan fingerprint density at radius 3 is 2.58 bits per heavy atom. The van der Waals surface area contributed by atoms with Gasteiger partial charge in [0.05, 0.1) is 0 Å². The van der Waals surface area contributed by atoms with Crippen molar-refractivity contribution in [2.45, 2.75) is 30.6 Å². The van der Waals surface area contributed by atoms with Crippen molar-refractivity contribution in [3.63, 3.8) is 0 Å². The summed E-state index contributed by atoms with van der Waals surface area (Å²) in [4.78, 5) is 10.5. The minimum absolute atomic E-state index is 0.229. The number of nitrogens with one attached hydrogen (secondary N) is 1. The van der Waals surface area contributed by atoms with Crippen LogP contribution >= 0.6 is 35.2 Å². The second-order valence-corrected chi connectivity index (χ2v) is 5.28. The summed E-state index contributed by atoms with van der Waals surface area (Å²) in [7, 11) is 0. The summed E-state index contributed by atoms with van der Waals surface area (Å²) in [5.41, 5.74) is 0. The van der Waals surface area contributed by atoms with E-state index < -0.39 is 0 Å². The van der Waals surface area contributed by atoms with Crippen molar-refractivity contribution in [2.24, 2.45) is 5.92 Å². The van der Waals surface area contributed by atoms with Crippen molar-refractivity contribution >= 4 is 40.5 Å². The van der Waals surface area contributed by atoms with Gasteiger partial charge < -0.3 is 5.32 Å². The summed E-state index contributed by atoms with van der Waals surface area (Å²) in [5, 5.41) is 2.50. The molecule has 0 saturated heterocycles. The standard InChI is InChI=1S/C8H16INOS/c1-3-4-7(6(2)9)5-10-8(11)12/h6-7H,3-5H2,1-2H3,(H2,10,11,12).